The molecule has 0 bridgehead atoms. The number of aliphatic imine (C=N–C) groups is 1. The van der Waals surface area contributed by atoms with Crippen molar-refractivity contribution in [2.75, 3.05) is 0 Å². The Morgan fingerprint density at radius 3 is 1.87 bits per heavy atom. The molecule has 0 aliphatic heterocycles. The molecule has 1 nitrogen and oxygen atoms in total. The average Bonchev–Trinajstić information content (AvgIpc) is 2.44. The van der Waals surface area contributed by atoms with E-state index in [4.69, 9.17) is 4.99 Å². The van der Waals surface area contributed by atoms with Gasteiger partial charge in [0.25, 0.3) is 0 Å². The molecule has 0 saturated heterocycles. The molecule has 0 heterocycles. The molecule has 0 fully saturated rings. The van der Waals surface area contributed by atoms with Crippen LogP contribution in [0.3, 0.4) is 0 Å². The van der Waals surface area contributed by atoms with Crippen molar-refractivity contribution < 1.29 is 0 Å². The predicted octanol–water partition coefficient (Wildman–Crippen LogP) is 7.41. The fraction of sp³-hybridized carbons (Fsp3) is 0.591. The van der Waals surface area contributed by atoms with Gasteiger partial charge < -0.3 is 0 Å². The summed E-state index contributed by atoms with van der Waals surface area (Å²) in [5.74, 6) is 0.974. The number of hydrogen-bond donors (Lipinski definition) is 0. The number of rotatable bonds is 6. The van der Waals surface area contributed by atoms with E-state index in [1.165, 1.54) is 28.1 Å². The summed E-state index contributed by atoms with van der Waals surface area (Å²) in [7, 11) is 0. The van der Waals surface area contributed by atoms with Crippen LogP contribution in [0.4, 0.5) is 5.69 Å². The lowest BCUT2D eigenvalue weighted by molar-refractivity contribution is 0.528. The van der Waals surface area contributed by atoms with Crippen LogP contribution in [0.25, 0.3) is 0 Å². The van der Waals surface area contributed by atoms with Crippen LogP contribution in [-0.2, 0) is 0 Å². The van der Waals surface area contributed by atoms with Gasteiger partial charge >= 0.3 is 0 Å². The molecule has 1 aromatic rings. The Hall–Kier alpha value is -1.37. The smallest absolute Gasteiger partial charge is 0.0698 e. The van der Waals surface area contributed by atoms with Crippen LogP contribution in [0.2, 0.25) is 0 Å². The molecule has 0 aromatic heterocycles. The quantitative estimate of drug-likeness (QED) is 0.383. The molecule has 0 aliphatic carbocycles. The normalized spacial score (nSPS) is 12.9. The monoisotopic (exact) mass is 313 g/mol. The summed E-state index contributed by atoms with van der Waals surface area (Å²) >= 11 is 0. The van der Waals surface area contributed by atoms with Gasteiger partial charge in [0, 0.05) is 11.1 Å². The second-order valence-corrected chi connectivity index (χ2v) is 8.16. The highest BCUT2D eigenvalue weighted by atomic mass is 14.8. The molecule has 0 aliphatic rings. The van der Waals surface area contributed by atoms with Crippen molar-refractivity contribution in [2.45, 2.75) is 80.6 Å². The first-order chi connectivity index (χ1) is 10.6. The Bertz CT molecular complexity index is 556. The highest BCUT2D eigenvalue weighted by Gasteiger charge is 2.22. The summed E-state index contributed by atoms with van der Waals surface area (Å²) in [6.07, 6.45) is 3.35. The van der Waals surface area contributed by atoms with Gasteiger partial charge in [-0.3, -0.25) is 4.99 Å². The minimum atomic E-state index is 0.0790. The lowest BCUT2D eigenvalue weighted by Crippen LogP contribution is -2.21. The van der Waals surface area contributed by atoms with Crippen LogP contribution in [0.15, 0.2) is 34.8 Å². The molecule has 23 heavy (non-hydrogen) atoms. The van der Waals surface area contributed by atoms with Crippen LogP contribution >= 0.6 is 0 Å². The van der Waals surface area contributed by atoms with Crippen LogP contribution in [0.1, 0.15) is 91.7 Å². The molecule has 0 radical (unpaired) electrons. The molecule has 0 amide bonds. The van der Waals surface area contributed by atoms with E-state index in [2.05, 4.69) is 86.6 Å². The van der Waals surface area contributed by atoms with Crippen molar-refractivity contribution in [3.63, 3.8) is 0 Å². The van der Waals surface area contributed by atoms with E-state index in [1.54, 1.807) is 0 Å². The molecule has 0 unspecified atom stereocenters. The highest BCUT2D eigenvalue weighted by molar-refractivity contribution is 5.90. The van der Waals surface area contributed by atoms with Crippen molar-refractivity contribution in [1.29, 1.82) is 0 Å². The molecule has 1 aromatic carbocycles. The Balaban J connectivity index is 3.36. The Kier molecular flexibility index (Phi) is 6.80. The topological polar surface area (TPSA) is 12.4 Å². The maximum Gasteiger partial charge on any atom is 0.0698 e. The van der Waals surface area contributed by atoms with Gasteiger partial charge in [0.2, 0.25) is 0 Å². The van der Waals surface area contributed by atoms with Crippen molar-refractivity contribution in [1.82, 2.24) is 0 Å². The fourth-order valence-corrected chi connectivity index (χ4v) is 2.57. The van der Waals surface area contributed by atoms with Gasteiger partial charge in [0.05, 0.1) is 5.69 Å². The first kappa shape index (κ1) is 19.7. The highest BCUT2D eigenvalue weighted by Crippen LogP contribution is 2.36. The zero-order valence-electron chi connectivity index (χ0n) is 16.6. The Morgan fingerprint density at radius 1 is 1.00 bits per heavy atom. The van der Waals surface area contributed by atoms with E-state index in [0.29, 0.717) is 11.8 Å². The van der Waals surface area contributed by atoms with E-state index < -0.39 is 0 Å². The summed E-state index contributed by atoms with van der Waals surface area (Å²) in [4.78, 5) is 5.14. The lowest BCUT2D eigenvalue weighted by atomic mass is 9.83. The molecular formula is C22H35N. The van der Waals surface area contributed by atoms with Crippen LogP contribution < -0.4 is 0 Å². The van der Waals surface area contributed by atoms with Gasteiger partial charge in [-0.05, 0) is 50.2 Å². The first-order valence-corrected chi connectivity index (χ1v) is 8.88. The summed E-state index contributed by atoms with van der Waals surface area (Å²) < 4.78 is 0. The molecule has 0 atom stereocenters. The Morgan fingerprint density at radius 2 is 1.48 bits per heavy atom. The molecular weight excluding hydrogens is 278 g/mol. The van der Waals surface area contributed by atoms with Crippen LogP contribution in [0, 0.1) is 5.41 Å². The van der Waals surface area contributed by atoms with Gasteiger partial charge in [-0.25, -0.2) is 0 Å². The molecule has 0 saturated carbocycles. The maximum atomic E-state index is 5.14. The standard InChI is InChI=1S/C22H35N/c1-15(2)13-14-22(8,9)18(7)23-21-19(16(3)4)11-10-12-20(21)17(5)6/h10-13,16-17H,14H2,1-9H3. The summed E-state index contributed by atoms with van der Waals surface area (Å²) in [5.41, 5.74) is 6.57. The second-order valence-electron chi connectivity index (χ2n) is 8.16. The van der Waals surface area contributed by atoms with E-state index in [9.17, 15) is 0 Å². The Labute approximate surface area is 143 Å². The SMILES string of the molecule is CC(C)=CCC(C)(C)C(C)=Nc1c(C(C)C)cccc1C(C)C. The van der Waals surface area contributed by atoms with E-state index in [-0.39, 0.29) is 5.41 Å². The third-order valence-electron chi connectivity index (χ3n) is 4.62. The molecule has 128 valence electrons. The van der Waals surface area contributed by atoms with E-state index >= 15 is 0 Å². The van der Waals surface area contributed by atoms with E-state index in [1.807, 2.05) is 0 Å². The number of benzene rings is 1. The lowest BCUT2D eigenvalue weighted by Gasteiger charge is -2.25. The molecule has 1 heteroatoms. The summed E-state index contributed by atoms with van der Waals surface area (Å²) in [5, 5.41) is 0. The zero-order valence-corrected chi connectivity index (χ0v) is 16.6. The van der Waals surface area contributed by atoms with E-state index in [0.717, 1.165) is 6.42 Å². The summed E-state index contributed by atoms with van der Waals surface area (Å²) in [6.45, 7) is 20.1. The van der Waals surface area contributed by atoms with Gasteiger partial charge in [-0.15, -0.1) is 0 Å². The molecule has 0 N–H and O–H groups in total. The fourth-order valence-electron chi connectivity index (χ4n) is 2.57. The zero-order chi connectivity index (χ0) is 17.8. The number of nitrogens with zero attached hydrogens (tertiary/aromatic N) is 1. The summed E-state index contributed by atoms with van der Waals surface area (Å²) in [6, 6.07) is 6.63. The first-order valence-electron chi connectivity index (χ1n) is 8.88. The maximum absolute atomic E-state index is 5.14. The van der Waals surface area contributed by atoms with Crippen molar-refractivity contribution >= 4 is 11.4 Å². The number of allylic oxidation sites excluding steroid dienone is 2. The minimum absolute atomic E-state index is 0.0790. The van der Waals surface area contributed by atoms with Gasteiger partial charge in [0.1, 0.15) is 0 Å². The van der Waals surface area contributed by atoms with Crippen molar-refractivity contribution in [3.05, 3.63) is 41.0 Å². The molecule has 0 spiro atoms. The predicted molar refractivity (Wildman–Crippen MR) is 105 cm³/mol. The number of hydrogen-bond acceptors (Lipinski definition) is 1. The van der Waals surface area contributed by atoms with Crippen molar-refractivity contribution in [2.24, 2.45) is 10.4 Å². The average molecular weight is 314 g/mol. The minimum Gasteiger partial charge on any atom is -0.257 e. The second kappa shape index (κ2) is 7.95. The van der Waals surface area contributed by atoms with Gasteiger partial charge in [-0.2, -0.15) is 0 Å². The van der Waals surface area contributed by atoms with Crippen LogP contribution in [-0.4, -0.2) is 5.71 Å². The van der Waals surface area contributed by atoms with Gasteiger partial charge in [0.15, 0.2) is 0 Å². The molecule has 1 rings (SSSR count). The van der Waals surface area contributed by atoms with Crippen molar-refractivity contribution in [3.8, 4) is 0 Å². The third-order valence-corrected chi connectivity index (χ3v) is 4.62. The largest absolute Gasteiger partial charge is 0.257 e. The number of para-hydroxylation sites is 1. The third kappa shape index (κ3) is 5.34. The van der Waals surface area contributed by atoms with Crippen LogP contribution in [0.5, 0.6) is 0 Å². The van der Waals surface area contributed by atoms with Gasteiger partial charge in [-0.1, -0.05) is 71.4 Å².